The van der Waals surface area contributed by atoms with Crippen molar-refractivity contribution in [1.82, 2.24) is 10.6 Å². The molecule has 0 bridgehead atoms. The summed E-state index contributed by atoms with van der Waals surface area (Å²) in [5.41, 5.74) is 3.11. The Morgan fingerprint density at radius 3 is 2.76 bits per heavy atom. The second-order valence-corrected chi connectivity index (χ2v) is 7.14. The van der Waals surface area contributed by atoms with Gasteiger partial charge in [-0.15, -0.1) is 0 Å². The van der Waals surface area contributed by atoms with Crippen LogP contribution in [0.4, 0.5) is 5.69 Å². The summed E-state index contributed by atoms with van der Waals surface area (Å²) in [7, 11) is 1.60. The van der Waals surface area contributed by atoms with Crippen molar-refractivity contribution in [3.05, 3.63) is 59.7 Å². The summed E-state index contributed by atoms with van der Waals surface area (Å²) >= 11 is 0. The Hall–Kier alpha value is -3.35. The van der Waals surface area contributed by atoms with Gasteiger partial charge in [0.1, 0.15) is 11.6 Å². The first kappa shape index (κ1) is 19.0. The minimum absolute atomic E-state index is 0.0367. The molecule has 2 aromatic carbocycles. The number of anilines is 1. The molecule has 7 heteroatoms. The zero-order chi connectivity index (χ0) is 20.2. The van der Waals surface area contributed by atoms with Gasteiger partial charge in [-0.25, -0.2) is 0 Å². The van der Waals surface area contributed by atoms with Gasteiger partial charge in [-0.2, -0.15) is 0 Å². The van der Waals surface area contributed by atoms with E-state index in [1.165, 1.54) is 5.56 Å². The van der Waals surface area contributed by atoms with Gasteiger partial charge < -0.3 is 20.3 Å². The van der Waals surface area contributed by atoms with Crippen molar-refractivity contribution in [2.45, 2.75) is 13.0 Å². The lowest BCUT2D eigenvalue weighted by Gasteiger charge is -2.17. The number of benzene rings is 2. The third kappa shape index (κ3) is 4.08. The number of rotatable bonds is 6. The van der Waals surface area contributed by atoms with Crippen LogP contribution in [0.2, 0.25) is 0 Å². The average molecular weight is 392 g/mol. The van der Waals surface area contributed by atoms with Gasteiger partial charge in [0, 0.05) is 37.3 Å². The number of hydrogen-bond acceptors (Lipinski definition) is 5. The lowest BCUT2D eigenvalue weighted by molar-refractivity contribution is -0.126. The van der Waals surface area contributed by atoms with Crippen molar-refractivity contribution in [3.63, 3.8) is 0 Å². The van der Waals surface area contributed by atoms with Crippen LogP contribution in [-0.4, -0.2) is 44.4 Å². The highest BCUT2D eigenvalue weighted by molar-refractivity contribution is 6.02. The van der Waals surface area contributed by atoms with E-state index in [0.29, 0.717) is 26.2 Å². The SMILES string of the molecule is COc1ccc(N2CC(C(=O)NCCNC3=NCc4ccccc43)CC2=O)cc1. The van der Waals surface area contributed by atoms with Crippen LogP contribution in [0, 0.1) is 5.92 Å². The molecule has 2 N–H and O–H groups in total. The Morgan fingerprint density at radius 1 is 1.17 bits per heavy atom. The third-order valence-corrected chi connectivity index (χ3v) is 5.28. The molecule has 1 fully saturated rings. The molecule has 1 atom stereocenters. The largest absolute Gasteiger partial charge is 0.497 e. The first-order valence-electron chi connectivity index (χ1n) is 9.74. The van der Waals surface area contributed by atoms with Gasteiger partial charge in [0.15, 0.2) is 0 Å². The second kappa shape index (κ2) is 8.34. The van der Waals surface area contributed by atoms with Crippen molar-refractivity contribution >= 4 is 23.3 Å². The molecule has 0 aliphatic carbocycles. The summed E-state index contributed by atoms with van der Waals surface area (Å²) in [6, 6.07) is 15.4. The van der Waals surface area contributed by atoms with Crippen molar-refractivity contribution in [2.75, 3.05) is 31.6 Å². The van der Waals surface area contributed by atoms with E-state index in [-0.39, 0.29) is 24.2 Å². The average Bonchev–Trinajstić information content (AvgIpc) is 3.35. The molecule has 0 saturated carbocycles. The van der Waals surface area contributed by atoms with Gasteiger partial charge in [-0.3, -0.25) is 14.6 Å². The Labute approximate surface area is 169 Å². The molecule has 0 radical (unpaired) electrons. The van der Waals surface area contributed by atoms with Crippen molar-refractivity contribution < 1.29 is 14.3 Å². The number of carbonyl (C=O) groups excluding carboxylic acids is 2. The molecule has 0 aromatic heterocycles. The number of carbonyl (C=O) groups is 2. The number of fused-ring (bicyclic) bond motifs is 1. The van der Waals surface area contributed by atoms with Gasteiger partial charge in [0.05, 0.1) is 19.6 Å². The van der Waals surface area contributed by atoms with Crippen LogP contribution in [0.5, 0.6) is 5.75 Å². The van der Waals surface area contributed by atoms with E-state index in [0.717, 1.165) is 22.8 Å². The van der Waals surface area contributed by atoms with Gasteiger partial charge in [-0.1, -0.05) is 24.3 Å². The van der Waals surface area contributed by atoms with E-state index >= 15 is 0 Å². The Balaban J connectivity index is 1.25. The number of hydrogen-bond donors (Lipinski definition) is 2. The summed E-state index contributed by atoms with van der Waals surface area (Å²) < 4.78 is 5.15. The van der Waals surface area contributed by atoms with Crippen LogP contribution in [0.3, 0.4) is 0 Å². The molecule has 4 rings (SSSR count). The number of methoxy groups -OCH3 is 1. The van der Waals surface area contributed by atoms with Gasteiger partial charge in [0.25, 0.3) is 0 Å². The molecule has 7 nitrogen and oxygen atoms in total. The molecular weight excluding hydrogens is 368 g/mol. The molecule has 2 aliphatic heterocycles. The van der Waals surface area contributed by atoms with Crippen molar-refractivity contribution in [3.8, 4) is 5.75 Å². The fraction of sp³-hybridized carbons (Fsp3) is 0.318. The number of nitrogens with one attached hydrogen (secondary N) is 2. The standard InChI is InChI=1S/C22H24N4O3/c1-29-18-8-6-17(7-9-18)26-14-16(12-20(26)27)22(28)24-11-10-23-21-19-5-3-2-4-15(19)13-25-21/h2-9,16H,10-14H2,1H3,(H,23,25)(H,24,28). The maximum atomic E-state index is 12.5. The van der Waals surface area contributed by atoms with Crippen LogP contribution in [0.25, 0.3) is 0 Å². The second-order valence-electron chi connectivity index (χ2n) is 7.14. The monoisotopic (exact) mass is 392 g/mol. The fourth-order valence-corrected chi connectivity index (χ4v) is 3.70. The van der Waals surface area contributed by atoms with E-state index in [1.54, 1.807) is 12.0 Å². The zero-order valence-electron chi connectivity index (χ0n) is 16.4. The van der Waals surface area contributed by atoms with Crippen molar-refractivity contribution in [1.29, 1.82) is 0 Å². The Bertz CT molecular complexity index is 939. The molecule has 2 aliphatic rings. The number of nitrogens with zero attached hydrogens (tertiary/aromatic N) is 2. The number of ether oxygens (including phenoxy) is 1. The molecule has 29 heavy (non-hydrogen) atoms. The van der Waals surface area contributed by atoms with Crippen molar-refractivity contribution in [2.24, 2.45) is 10.9 Å². The third-order valence-electron chi connectivity index (χ3n) is 5.28. The summed E-state index contributed by atoms with van der Waals surface area (Å²) in [4.78, 5) is 31.0. The van der Waals surface area contributed by atoms with Gasteiger partial charge >= 0.3 is 0 Å². The summed E-state index contributed by atoms with van der Waals surface area (Å²) in [6.07, 6.45) is 0.228. The predicted octanol–water partition coefficient (Wildman–Crippen LogP) is 1.71. The highest BCUT2D eigenvalue weighted by Gasteiger charge is 2.34. The fourth-order valence-electron chi connectivity index (χ4n) is 3.70. The lowest BCUT2D eigenvalue weighted by Crippen LogP contribution is -2.38. The van der Waals surface area contributed by atoms with Crippen LogP contribution in [0.1, 0.15) is 17.5 Å². The first-order valence-corrected chi connectivity index (χ1v) is 9.74. The van der Waals surface area contributed by atoms with E-state index in [1.807, 2.05) is 42.5 Å². The molecule has 2 aromatic rings. The van der Waals surface area contributed by atoms with E-state index in [9.17, 15) is 9.59 Å². The van der Waals surface area contributed by atoms with E-state index in [4.69, 9.17) is 4.74 Å². The van der Waals surface area contributed by atoms with Gasteiger partial charge in [0.2, 0.25) is 11.8 Å². The summed E-state index contributed by atoms with van der Waals surface area (Å²) in [6.45, 7) is 2.15. The highest BCUT2D eigenvalue weighted by atomic mass is 16.5. The van der Waals surface area contributed by atoms with Gasteiger partial charge in [-0.05, 0) is 29.8 Å². The molecule has 1 saturated heterocycles. The normalized spacial score (nSPS) is 17.7. The molecule has 2 amide bonds. The van der Waals surface area contributed by atoms with Crippen LogP contribution in [0.15, 0.2) is 53.5 Å². The molecular formula is C22H24N4O3. The zero-order valence-corrected chi connectivity index (χ0v) is 16.4. The Morgan fingerprint density at radius 2 is 1.97 bits per heavy atom. The van der Waals surface area contributed by atoms with E-state index in [2.05, 4.69) is 21.7 Å². The number of amidine groups is 1. The minimum atomic E-state index is -0.339. The molecule has 2 heterocycles. The van der Waals surface area contributed by atoms with Crippen LogP contribution in [-0.2, 0) is 16.1 Å². The van der Waals surface area contributed by atoms with Crippen LogP contribution >= 0.6 is 0 Å². The first-order chi connectivity index (χ1) is 14.2. The maximum absolute atomic E-state index is 12.5. The number of amides is 2. The lowest BCUT2D eigenvalue weighted by atomic mass is 10.1. The topological polar surface area (TPSA) is 83.0 Å². The smallest absolute Gasteiger partial charge is 0.227 e. The molecule has 0 spiro atoms. The van der Waals surface area contributed by atoms with E-state index < -0.39 is 0 Å². The quantitative estimate of drug-likeness (QED) is 0.734. The molecule has 150 valence electrons. The number of aliphatic imine (C=N–C) groups is 1. The minimum Gasteiger partial charge on any atom is -0.497 e. The predicted molar refractivity (Wildman–Crippen MR) is 111 cm³/mol. The molecule has 1 unspecified atom stereocenters. The Kier molecular flexibility index (Phi) is 5.46. The maximum Gasteiger partial charge on any atom is 0.227 e. The summed E-state index contributed by atoms with van der Waals surface area (Å²) in [5.74, 6) is 1.14. The summed E-state index contributed by atoms with van der Waals surface area (Å²) in [5, 5.41) is 6.21. The van der Waals surface area contributed by atoms with Crippen LogP contribution < -0.4 is 20.3 Å². The highest BCUT2D eigenvalue weighted by Crippen LogP contribution is 2.26.